The summed E-state index contributed by atoms with van der Waals surface area (Å²) in [5.74, 6) is -2.96. The van der Waals surface area contributed by atoms with Crippen molar-refractivity contribution >= 4 is 27.6 Å². The Labute approximate surface area is 158 Å². The summed E-state index contributed by atoms with van der Waals surface area (Å²) in [6.45, 7) is 1.36. The topological polar surface area (TPSA) is 116 Å². The van der Waals surface area contributed by atoms with Crippen molar-refractivity contribution in [3.05, 3.63) is 24.3 Å². The summed E-state index contributed by atoms with van der Waals surface area (Å²) in [7, 11) is -3.59. The van der Waals surface area contributed by atoms with Crippen LogP contribution in [0.25, 0.3) is 0 Å². The van der Waals surface area contributed by atoms with E-state index in [-0.39, 0.29) is 10.8 Å². The summed E-state index contributed by atoms with van der Waals surface area (Å²) in [6.07, 6.45) is 2.53. The molecule has 1 saturated carbocycles. The van der Waals surface area contributed by atoms with Crippen LogP contribution in [0.15, 0.2) is 29.2 Å². The second-order valence-corrected chi connectivity index (χ2v) is 8.78. The number of rotatable bonds is 5. The third-order valence-corrected chi connectivity index (χ3v) is 7.05. The number of carboxylic acids is 1. The predicted octanol–water partition coefficient (Wildman–Crippen LogP) is 0.202. The van der Waals surface area contributed by atoms with Crippen molar-refractivity contribution in [2.75, 3.05) is 31.6 Å². The number of carboxylic acid groups (broad SMARTS) is 1. The molecule has 0 bridgehead atoms. The number of benzene rings is 1. The van der Waals surface area contributed by atoms with Crippen molar-refractivity contribution in [1.82, 2.24) is 4.31 Å². The first-order chi connectivity index (χ1) is 12.9. The fourth-order valence-corrected chi connectivity index (χ4v) is 5.02. The van der Waals surface area contributed by atoms with Crippen molar-refractivity contribution in [3.63, 3.8) is 0 Å². The Morgan fingerprint density at radius 2 is 1.63 bits per heavy atom. The molecule has 1 saturated heterocycles. The molecule has 1 aromatic rings. The lowest BCUT2D eigenvalue weighted by atomic mass is 9.78. The van der Waals surface area contributed by atoms with Crippen LogP contribution in [-0.4, -0.2) is 50.9 Å². The van der Waals surface area contributed by atoms with Crippen molar-refractivity contribution in [1.29, 1.82) is 0 Å². The zero-order chi connectivity index (χ0) is 19.4. The van der Waals surface area contributed by atoms with Crippen molar-refractivity contribution in [3.8, 4) is 0 Å². The second-order valence-electron chi connectivity index (χ2n) is 6.85. The molecule has 27 heavy (non-hydrogen) atoms. The van der Waals surface area contributed by atoms with Crippen LogP contribution in [-0.2, 0) is 24.3 Å². The van der Waals surface area contributed by atoms with E-state index in [1.165, 1.54) is 28.6 Å². The molecule has 2 fully saturated rings. The average molecular weight is 395 g/mol. The molecule has 1 aromatic carbocycles. The molecule has 8 nitrogen and oxygen atoms in total. The summed E-state index contributed by atoms with van der Waals surface area (Å²) in [5, 5.41) is 14.0. The number of nitrogens with one attached hydrogen (secondary N) is 1. The zero-order valence-electron chi connectivity index (χ0n) is 14.9. The predicted molar refractivity (Wildman–Crippen MR) is 95.1 cm³/mol. The highest BCUT2D eigenvalue weighted by molar-refractivity contribution is 7.89. The van der Waals surface area contributed by atoms with Crippen LogP contribution in [0.2, 0.25) is 0 Å². The van der Waals surface area contributed by atoms with Crippen LogP contribution in [0, 0.1) is 11.8 Å². The lowest BCUT2D eigenvalue weighted by Crippen LogP contribution is -2.42. The SMILES string of the molecule is O=C([O-])[C@H]1CCCC[C@@H]1C(=O)Nc1ccc(S(=O)(=O)N2CCOCC2)cc1. The molecule has 0 aromatic heterocycles. The highest BCUT2D eigenvalue weighted by Crippen LogP contribution is 2.31. The number of sulfonamides is 1. The molecule has 2 atom stereocenters. The Morgan fingerprint density at radius 3 is 2.22 bits per heavy atom. The van der Waals surface area contributed by atoms with Gasteiger partial charge in [0.2, 0.25) is 15.9 Å². The lowest BCUT2D eigenvalue weighted by molar-refractivity contribution is -0.313. The number of hydrogen-bond donors (Lipinski definition) is 1. The highest BCUT2D eigenvalue weighted by Gasteiger charge is 2.32. The van der Waals surface area contributed by atoms with E-state index in [9.17, 15) is 23.1 Å². The molecule has 1 aliphatic heterocycles. The smallest absolute Gasteiger partial charge is 0.243 e. The monoisotopic (exact) mass is 395 g/mol. The van der Waals surface area contributed by atoms with Gasteiger partial charge in [-0.05, 0) is 37.1 Å². The first-order valence-corrected chi connectivity index (χ1v) is 10.5. The molecule has 0 radical (unpaired) electrons. The molecule has 0 unspecified atom stereocenters. The number of aliphatic carboxylic acids is 1. The minimum absolute atomic E-state index is 0.146. The number of nitrogens with zero attached hydrogens (tertiary/aromatic N) is 1. The fraction of sp³-hybridized carbons (Fsp3) is 0.556. The summed E-state index contributed by atoms with van der Waals surface area (Å²) in [6, 6.07) is 5.92. The zero-order valence-corrected chi connectivity index (χ0v) is 15.7. The molecule has 148 valence electrons. The molecule has 1 heterocycles. The van der Waals surface area contributed by atoms with E-state index in [2.05, 4.69) is 5.32 Å². The largest absolute Gasteiger partial charge is 0.550 e. The lowest BCUT2D eigenvalue weighted by Gasteiger charge is -2.31. The Kier molecular flexibility index (Phi) is 6.13. The van der Waals surface area contributed by atoms with Crippen LogP contribution in [0.3, 0.4) is 0 Å². The number of morpholine rings is 1. The van der Waals surface area contributed by atoms with Crippen LogP contribution in [0.4, 0.5) is 5.69 Å². The van der Waals surface area contributed by atoms with Crippen LogP contribution >= 0.6 is 0 Å². The Balaban J connectivity index is 1.68. The van der Waals surface area contributed by atoms with Crippen molar-refractivity contribution in [2.24, 2.45) is 11.8 Å². The number of anilines is 1. The third kappa shape index (κ3) is 4.48. The van der Waals surface area contributed by atoms with E-state index in [1.807, 2.05) is 0 Å². The van der Waals surface area contributed by atoms with Gasteiger partial charge in [-0.15, -0.1) is 0 Å². The van der Waals surface area contributed by atoms with Crippen molar-refractivity contribution < 1.29 is 27.9 Å². The van der Waals surface area contributed by atoms with Crippen LogP contribution < -0.4 is 10.4 Å². The van der Waals surface area contributed by atoms with Gasteiger partial charge in [0.05, 0.1) is 18.1 Å². The maximum absolute atomic E-state index is 12.6. The highest BCUT2D eigenvalue weighted by atomic mass is 32.2. The molecule has 1 aliphatic carbocycles. The quantitative estimate of drug-likeness (QED) is 0.762. The van der Waals surface area contributed by atoms with E-state index in [1.54, 1.807) is 0 Å². The van der Waals surface area contributed by atoms with Gasteiger partial charge in [-0.1, -0.05) is 12.8 Å². The Hall–Kier alpha value is -1.97. The van der Waals surface area contributed by atoms with Gasteiger partial charge in [0, 0.05) is 36.6 Å². The first-order valence-electron chi connectivity index (χ1n) is 9.09. The molecular formula is C18H23N2O6S-. The number of carbonyl (C=O) groups excluding carboxylic acids is 2. The van der Waals surface area contributed by atoms with Crippen LogP contribution in [0.1, 0.15) is 25.7 Å². The second kappa shape index (κ2) is 8.37. The van der Waals surface area contributed by atoms with Gasteiger partial charge in [-0.2, -0.15) is 4.31 Å². The van der Waals surface area contributed by atoms with Crippen molar-refractivity contribution in [2.45, 2.75) is 30.6 Å². The summed E-state index contributed by atoms with van der Waals surface area (Å²) >= 11 is 0. The molecule has 2 aliphatic rings. The van der Waals surface area contributed by atoms with Gasteiger partial charge in [0.25, 0.3) is 0 Å². The molecule has 0 spiro atoms. The minimum Gasteiger partial charge on any atom is -0.550 e. The maximum Gasteiger partial charge on any atom is 0.243 e. The normalized spacial score (nSPS) is 24.3. The summed E-state index contributed by atoms with van der Waals surface area (Å²) < 4.78 is 31.7. The van der Waals surface area contributed by atoms with Gasteiger partial charge in [0.1, 0.15) is 0 Å². The van der Waals surface area contributed by atoms with E-state index >= 15 is 0 Å². The van der Waals surface area contributed by atoms with Gasteiger partial charge < -0.3 is 20.0 Å². The summed E-state index contributed by atoms with van der Waals surface area (Å²) in [4.78, 5) is 23.9. The Morgan fingerprint density at radius 1 is 1.04 bits per heavy atom. The van der Waals surface area contributed by atoms with Gasteiger partial charge >= 0.3 is 0 Å². The molecule has 1 N–H and O–H groups in total. The van der Waals surface area contributed by atoms with E-state index in [4.69, 9.17) is 4.74 Å². The number of hydrogen-bond acceptors (Lipinski definition) is 6. The molecule has 1 amide bonds. The third-order valence-electron chi connectivity index (χ3n) is 5.14. The fourth-order valence-electron chi connectivity index (χ4n) is 3.61. The standard InChI is InChI=1S/C18H24N2O6S/c21-17(15-3-1-2-4-16(15)18(22)23)19-13-5-7-14(8-6-13)27(24,25)20-9-11-26-12-10-20/h5-8,15-16H,1-4,9-12H2,(H,19,21)(H,22,23)/p-1/t15-,16-/m0/s1. The first kappa shape index (κ1) is 19.8. The van der Waals surface area contributed by atoms with E-state index in [0.717, 1.165) is 12.8 Å². The van der Waals surface area contributed by atoms with Gasteiger partial charge in [-0.3, -0.25) is 4.79 Å². The van der Waals surface area contributed by atoms with E-state index < -0.39 is 27.8 Å². The number of ether oxygens (including phenoxy) is 1. The van der Waals surface area contributed by atoms with Gasteiger partial charge in [0.15, 0.2) is 0 Å². The molecular weight excluding hydrogens is 372 g/mol. The van der Waals surface area contributed by atoms with E-state index in [0.29, 0.717) is 44.8 Å². The van der Waals surface area contributed by atoms with Crippen LogP contribution in [0.5, 0.6) is 0 Å². The average Bonchev–Trinajstić information content (AvgIpc) is 2.69. The minimum atomic E-state index is -3.59. The molecule has 9 heteroatoms. The number of carbonyl (C=O) groups is 2. The molecule has 3 rings (SSSR count). The Bertz CT molecular complexity index is 787. The summed E-state index contributed by atoms with van der Waals surface area (Å²) in [5.41, 5.74) is 0.434. The van der Waals surface area contributed by atoms with Gasteiger partial charge in [-0.25, -0.2) is 8.42 Å². The maximum atomic E-state index is 12.6. The number of amides is 1.